The molecule has 2 aliphatic rings. The van der Waals surface area contributed by atoms with Crippen molar-refractivity contribution in [2.45, 2.75) is 37.6 Å². The van der Waals surface area contributed by atoms with Crippen molar-refractivity contribution >= 4 is 20.9 Å². The van der Waals surface area contributed by atoms with Crippen molar-refractivity contribution in [3.05, 3.63) is 42.1 Å². The monoisotopic (exact) mass is 345 g/mol. The summed E-state index contributed by atoms with van der Waals surface area (Å²) in [6, 6.07) is 10.0. The van der Waals surface area contributed by atoms with E-state index in [1.807, 2.05) is 37.3 Å². The van der Waals surface area contributed by atoms with Crippen molar-refractivity contribution in [1.82, 2.24) is 14.2 Å². The van der Waals surface area contributed by atoms with Crippen LogP contribution >= 0.6 is 0 Å². The average Bonchev–Trinajstić information content (AvgIpc) is 3.01. The highest BCUT2D eigenvalue weighted by Gasteiger charge is 2.39. The molecule has 4 rings (SSSR count). The van der Waals surface area contributed by atoms with Crippen LogP contribution in [0.1, 0.15) is 25.3 Å². The van der Waals surface area contributed by atoms with Crippen LogP contribution in [0.15, 0.2) is 36.5 Å². The summed E-state index contributed by atoms with van der Waals surface area (Å²) >= 11 is 0. The van der Waals surface area contributed by atoms with Gasteiger partial charge >= 0.3 is 0 Å². The summed E-state index contributed by atoms with van der Waals surface area (Å²) in [7, 11) is -3.35. The van der Waals surface area contributed by atoms with Crippen LogP contribution in [0.25, 0.3) is 10.9 Å². The van der Waals surface area contributed by atoms with Crippen LogP contribution in [-0.4, -0.2) is 54.3 Å². The van der Waals surface area contributed by atoms with Gasteiger partial charge in [-0.25, -0.2) is 8.42 Å². The van der Waals surface area contributed by atoms with E-state index < -0.39 is 10.0 Å². The normalized spacial score (nSPS) is 25.9. The first-order chi connectivity index (χ1) is 11.5. The van der Waals surface area contributed by atoms with Crippen molar-refractivity contribution in [2.24, 2.45) is 0 Å². The largest absolute Gasteiger partial charge is 0.297 e. The number of rotatable bonds is 3. The molecule has 6 heteroatoms. The van der Waals surface area contributed by atoms with Crippen LogP contribution in [0.4, 0.5) is 0 Å². The Morgan fingerprint density at radius 1 is 1.21 bits per heavy atom. The van der Waals surface area contributed by atoms with Gasteiger partial charge in [-0.05, 0) is 37.9 Å². The summed E-state index contributed by atoms with van der Waals surface area (Å²) in [5.41, 5.74) is 1.57. The molecule has 128 valence electrons. The van der Waals surface area contributed by atoms with Gasteiger partial charge in [-0.2, -0.15) is 4.31 Å². The van der Waals surface area contributed by atoms with Gasteiger partial charge in [-0.15, -0.1) is 0 Å². The molecule has 0 radical (unpaired) electrons. The first-order valence-corrected chi connectivity index (χ1v) is 10.2. The second-order valence-electron chi connectivity index (χ2n) is 6.96. The minimum atomic E-state index is -3.35. The summed E-state index contributed by atoms with van der Waals surface area (Å²) in [6.45, 7) is 4.60. The summed E-state index contributed by atoms with van der Waals surface area (Å²) in [6.07, 6.45) is 4.01. The van der Waals surface area contributed by atoms with Crippen LogP contribution in [0.3, 0.4) is 0 Å². The lowest BCUT2D eigenvalue weighted by atomic mass is 10.1. The SMILES string of the molecule is C[C@@H]1CN2CCC[C@H]2CN1S(=O)(=O)Cc1cccc2cccnc12. The topological polar surface area (TPSA) is 53.5 Å². The molecule has 2 aliphatic heterocycles. The van der Waals surface area contributed by atoms with Crippen molar-refractivity contribution < 1.29 is 8.42 Å². The Hall–Kier alpha value is -1.50. The third-order valence-electron chi connectivity index (χ3n) is 5.29. The Balaban J connectivity index is 1.63. The lowest BCUT2D eigenvalue weighted by Gasteiger charge is -2.41. The standard InChI is InChI=1S/C18H23N3O2S/c1-14-11-20-10-4-8-17(20)12-21(14)24(22,23)13-16-6-2-5-15-7-3-9-19-18(15)16/h2-3,5-7,9,14,17H,4,8,10-13H2,1H3/t14-,17+/m1/s1. The van der Waals surface area contributed by atoms with Gasteiger partial charge < -0.3 is 0 Å². The zero-order chi connectivity index (χ0) is 16.7. The van der Waals surface area contributed by atoms with E-state index in [-0.39, 0.29) is 11.8 Å². The van der Waals surface area contributed by atoms with E-state index in [9.17, 15) is 8.42 Å². The molecule has 3 heterocycles. The maximum Gasteiger partial charge on any atom is 0.218 e. The maximum atomic E-state index is 13.1. The summed E-state index contributed by atoms with van der Waals surface area (Å²) in [5.74, 6) is 0.0262. The predicted octanol–water partition coefficient (Wildman–Crippen LogP) is 2.23. The van der Waals surface area contributed by atoms with Crippen molar-refractivity contribution in [3.8, 4) is 0 Å². The quantitative estimate of drug-likeness (QED) is 0.856. The second kappa shape index (κ2) is 6.10. The number of benzene rings is 1. The maximum absolute atomic E-state index is 13.1. The number of aromatic nitrogens is 1. The highest BCUT2D eigenvalue weighted by Crippen LogP contribution is 2.28. The number of fused-ring (bicyclic) bond motifs is 2. The van der Waals surface area contributed by atoms with E-state index in [4.69, 9.17) is 0 Å². The van der Waals surface area contributed by atoms with Gasteiger partial charge in [0.2, 0.25) is 10.0 Å². The molecule has 2 saturated heterocycles. The third-order valence-corrected chi connectivity index (χ3v) is 7.19. The Labute approximate surface area is 143 Å². The second-order valence-corrected chi connectivity index (χ2v) is 8.88. The highest BCUT2D eigenvalue weighted by molar-refractivity contribution is 7.88. The van der Waals surface area contributed by atoms with Crippen molar-refractivity contribution in [1.29, 1.82) is 0 Å². The van der Waals surface area contributed by atoms with Gasteiger partial charge in [-0.1, -0.05) is 24.3 Å². The summed E-state index contributed by atoms with van der Waals surface area (Å²) in [4.78, 5) is 6.83. The van der Waals surface area contributed by atoms with Crippen LogP contribution in [0.5, 0.6) is 0 Å². The Kier molecular flexibility index (Phi) is 4.06. The fourth-order valence-corrected chi connectivity index (χ4v) is 5.92. The summed E-state index contributed by atoms with van der Waals surface area (Å²) in [5, 5.41) is 0.985. The number of piperazine rings is 1. The van der Waals surface area contributed by atoms with E-state index in [0.29, 0.717) is 12.6 Å². The minimum Gasteiger partial charge on any atom is -0.297 e. The van der Waals surface area contributed by atoms with Gasteiger partial charge in [0.15, 0.2) is 0 Å². The summed E-state index contributed by atoms with van der Waals surface area (Å²) < 4.78 is 27.9. The zero-order valence-corrected chi connectivity index (χ0v) is 14.7. The molecule has 0 bridgehead atoms. The lowest BCUT2D eigenvalue weighted by Crippen LogP contribution is -2.56. The van der Waals surface area contributed by atoms with E-state index in [2.05, 4.69) is 9.88 Å². The molecule has 5 nitrogen and oxygen atoms in total. The fourth-order valence-electron chi connectivity index (χ4n) is 4.11. The molecule has 0 saturated carbocycles. The Morgan fingerprint density at radius 2 is 2.04 bits per heavy atom. The predicted molar refractivity (Wildman–Crippen MR) is 95.1 cm³/mol. The number of hydrogen-bond donors (Lipinski definition) is 0. The smallest absolute Gasteiger partial charge is 0.218 e. The molecule has 2 atom stereocenters. The van der Waals surface area contributed by atoms with Crippen molar-refractivity contribution in [2.75, 3.05) is 19.6 Å². The number of para-hydroxylation sites is 1. The molecule has 0 spiro atoms. The molecular formula is C18H23N3O2S. The molecule has 1 aromatic heterocycles. The fraction of sp³-hybridized carbons (Fsp3) is 0.500. The van der Waals surface area contributed by atoms with Crippen LogP contribution in [-0.2, 0) is 15.8 Å². The van der Waals surface area contributed by atoms with Crippen LogP contribution in [0.2, 0.25) is 0 Å². The Morgan fingerprint density at radius 3 is 2.92 bits per heavy atom. The zero-order valence-electron chi connectivity index (χ0n) is 13.9. The first kappa shape index (κ1) is 16.0. The molecule has 0 aliphatic carbocycles. The molecular weight excluding hydrogens is 322 g/mol. The molecule has 0 amide bonds. The van der Waals surface area contributed by atoms with Gasteiger partial charge in [0.05, 0.1) is 11.3 Å². The van der Waals surface area contributed by atoms with Crippen molar-refractivity contribution in [3.63, 3.8) is 0 Å². The van der Waals surface area contributed by atoms with Crippen LogP contribution in [0, 0.1) is 0 Å². The van der Waals surface area contributed by atoms with E-state index >= 15 is 0 Å². The molecule has 0 N–H and O–H groups in total. The van der Waals surface area contributed by atoms with Crippen LogP contribution < -0.4 is 0 Å². The first-order valence-electron chi connectivity index (χ1n) is 8.61. The number of sulfonamides is 1. The van der Waals surface area contributed by atoms with E-state index in [1.54, 1.807) is 10.5 Å². The number of pyridine rings is 1. The molecule has 2 fully saturated rings. The molecule has 0 unspecified atom stereocenters. The Bertz CT molecular complexity index is 847. The number of nitrogens with zero attached hydrogens (tertiary/aromatic N) is 3. The molecule has 1 aromatic carbocycles. The molecule has 2 aromatic rings. The number of hydrogen-bond acceptors (Lipinski definition) is 4. The minimum absolute atomic E-state index is 0.0262. The van der Waals surface area contributed by atoms with Gasteiger partial charge in [0.1, 0.15) is 0 Å². The van der Waals surface area contributed by atoms with Gasteiger partial charge in [0, 0.05) is 36.8 Å². The van der Waals surface area contributed by atoms with E-state index in [0.717, 1.165) is 36.0 Å². The average molecular weight is 345 g/mol. The third kappa shape index (κ3) is 2.83. The lowest BCUT2D eigenvalue weighted by molar-refractivity contribution is 0.117. The molecule has 24 heavy (non-hydrogen) atoms. The van der Waals surface area contributed by atoms with Gasteiger partial charge in [0.25, 0.3) is 0 Å². The highest BCUT2D eigenvalue weighted by atomic mass is 32.2. The van der Waals surface area contributed by atoms with E-state index in [1.165, 1.54) is 6.42 Å². The van der Waals surface area contributed by atoms with Gasteiger partial charge in [-0.3, -0.25) is 9.88 Å².